The van der Waals surface area contributed by atoms with E-state index >= 15 is 0 Å². The molecule has 0 aromatic heterocycles. The summed E-state index contributed by atoms with van der Waals surface area (Å²) in [6.07, 6.45) is 0. The topological polar surface area (TPSA) is 26.0 Å². The number of hydrogen-bond donors (Lipinski definition) is 1. The Morgan fingerprint density at radius 2 is 2.18 bits per heavy atom. The summed E-state index contributed by atoms with van der Waals surface area (Å²) in [5, 5.41) is 0. The van der Waals surface area contributed by atoms with Crippen LogP contribution >= 0.6 is 15.9 Å². The molecule has 0 spiro atoms. The number of benzene rings is 1. The van der Waals surface area contributed by atoms with Gasteiger partial charge in [-0.05, 0) is 40.0 Å². The molecule has 1 aromatic rings. The molecule has 0 radical (unpaired) electrons. The van der Waals surface area contributed by atoms with Crippen molar-refractivity contribution in [2.45, 2.75) is 13.5 Å². The van der Waals surface area contributed by atoms with E-state index in [-0.39, 0.29) is 5.82 Å². The SMILES string of the molecule is Cc1cc(CN)cc(Br)c1F. The molecule has 0 aliphatic rings. The third-order valence-electron chi connectivity index (χ3n) is 1.51. The van der Waals surface area contributed by atoms with Crippen molar-refractivity contribution in [2.75, 3.05) is 0 Å². The van der Waals surface area contributed by atoms with Crippen molar-refractivity contribution in [1.29, 1.82) is 0 Å². The summed E-state index contributed by atoms with van der Waals surface area (Å²) in [4.78, 5) is 0. The second kappa shape index (κ2) is 3.32. The van der Waals surface area contributed by atoms with Gasteiger partial charge in [0.2, 0.25) is 0 Å². The zero-order valence-electron chi connectivity index (χ0n) is 6.20. The Morgan fingerprint density at radius 1 is 1.55 bits per heavy atom. The molecule has 0 saturated heterocycles. The van der Waals surface area contributed by atoms with E-state index in [1.54, 1.807) is 19.1 Å². The van der Waals surface area contributed by atoms with Crippen LogP contribution in [0.3, 0.4) is 0 Å². The van der Waals surface area contributed by atoms with Crippen molar-refractivity contribution < 1.29 is 4.39 Å². The third-order valence-corrected chi connectivity index (χ3v) is 2.08. The molecule has 0 aliphatic carbocycles. The summed E-state index contributed by atoms with van der Waals surface area (Å²) in [5.74, 6) is -0.206. The van der Waals surface area contributed by atoms with Crippen LogP contribution in [-0.2, 0) is 6.54 Å². The number of rotatable bonds is 1. The highest BCUT2D eigenvalue weighted by Crippen LogP contribution is 2.20. The van der Waals surface area contributed by atoms with Crippen LogP contribution in [0, 0.1) is 12.7 Å². The number of nitrogens with two attached hydrogens (primary N) is 1. The lowest BCUT2D eigenvalue weighted by molar-refractivity contribution is 0.610. The van der Waals surface area contributed by atoms with Crippen LogP contribution in [0.2, 0.25) is 0 Å². The van der Waals surface area contributed by atoms with Crippen LogP contribution in [0.4, 0.5) is 4.39 Å². The quantitative estimate of drug-likeness (QED) is 0.769. The Hall–Kier alpha value is -0.410. The highest BCUT2D eigenvalue weighted by Gasteiger charge is 2.03. The maximum absolute atomic E-state index is 13.0. The van der Waals surface area contributed by atoms with Crippen molar-refractivity contribution >= 4 is 15.9 Å². The molecule has 1 aromatic carbocycles. The largest absolute Gasteiger partial charge is 0.326 e. The number of aryl methyl sites for hydroxylation is 1. The first kappa shape index (κ1) is 8.68. The molecule has 0 saturated carbocycles. The van der Waals surface area contributed by atoms with Gasteiger partial charge in [-0.1, -0.05) is 6.07 Å². The van der Waals surface area contributed by atoms with Gasteiger partial charge in [-0.3, -0.25) is 0 Å². The fourth-order valence-corrected chi connectivity index (χ4v) is 1.52. The molecule has 0 fully saturated rings. The molecule has 0 aliphatic heterocycles. The van der Waals surface area contributed by atoms with Crippen molar-refractivity contribution in [3.8, 4) is 0 Å². The van der Waals surface area contributed by atoms with E-state index < -0.39 is 0 Å². The van der Waals surface area contributed by atoms with Gasteiger partial charge >= 0.3 is 0 Å². The molecular weight excluding hydrogens is 209 g/mol. The predicted octanol–water partition coefficient (Wildman–Crippen LogP) is 2.36. The average Bonchev–Trinajstić information content (AvgIpc) is 1.99. The molecule has 0 atom stereocenters. The second-order valence-corrected chi connectivity index (χ2v) is 3.27. The van der Waals surface area contributed by atoms with Crippen molar-refractivity contribution in [3.63, 3.8) is 0 Å². The Kier molecular flexibility index (Phi) is 2.62. The third kappa shape index (κ3) is 1.79. The summed E-state index contributed by atoms with van der Waals surface area (Å²) in [6.45, 7) is 2.17. The first-order chi connectivity index (χ1) is 5.15. The lowest BCUT2D eigenvalue weighted by Gasteiger charge is -2.02. The summed E-state index contributed by atoms with van der Waals surface area (Å²) < 4.78 is 13.4. The molecule has 0 unspecified atom stereocenters. The van der Waals surface area contributed by atoms with Gasteiger partial charge in [0.05, 0.1) is 4.47 Å². The molecule has 1 rings (SSSR count). The molecule has 3 heteroatoms. The normalized spacial score (nSPS) is 10.2. The minimum absolute atomic E-state index is 0.206. The molecule has 11 heavy (non-hydrogen) atoms. The second-order valence-electron chi connectivity index (χ2n) is 2.41. The van der Waals surface area contributed by atoms with Gasteiger partial charge in [-0.25, -0.2) is 4.39 Å². The Balaban J connectivity index is 3.21. The molecule has 0 bridgehead atoms. The summed E-state index contributed by atoms with van der Waals surface area (Å²) in [6, 6.07) is 3.45. The summed E-state index contributed by atoms with van der Waals surface area (Å²) in [5.41, 5.74) is 6.96. The van der Waals surface area contributed by atoms with Crippen molar-refractivity contribution in [3.05, 3.63) is 33.5 Å². The van der Waals surface area contributed by atoms with Gasteiger partial charge in [0.25, 0.3) is 0 Å². The Morgan fingerprint density at radius 3 is 2.64 bits per heavy atom. The summed E-state index contributed by atoms with van der Waals surface area (Å²) in [7, 11) is 0. The highest BCUT2D eigenvalue weighted by atomic mass is 79.9. The van der Waals surface area contributed by atoms with Crippen molar-refractivity contribution in [2.24, 2.45) is 5.73 Å². The van der Waals surface area contributed by atoms with E-state index in [0.29, 0.717) is 16.6 Å². The van der Waals surface area contributed by atoms with Gasteiger partial charge in [-0.2, -0.15) is 0 Å². The maximum atomic E-state index is 13.0. The van der Waals surface area contributed by atoms with E-state index in [1.165, 1.54) is 0 Å². The van der Waals surface area contributed by atoms with Crippen LogP contribution in [0.5, 0.6) is 0 Å². The molecule has 60 valence electrons. The Labute approximate surface area is 73.5 Å². The molecule has 0 amide bonds. The smallest absolute Gasteiger partial charge is 0.140 e. The monoisotopic (exact) mass is 217 g/mol. The molecule has 2 N–H and O–H groups in total. The van der Waals surface area contributed by atoms with Gasteiger partial charge < -0.3 is 5.73 Å². The molecular formula is C8H9BrFN. The van der Waals surface area contributed by atoms with E-state index in [2.05, 4.69) is 15.9 Å². The first-order valence-electron chi connectivity index (χ1n) is 3.29. The first-order valence-corrected chi connectivity index (χ1v) is 4.09. The highest BCUT2D eigenvalue weighted by molar-refractivity contribution is 9.10. The van der Waals surface area contributed by atoms with Gasteiger partial charge in [0.15, 0.2) is 0 Å². The maximum Gasteiger partial charge on any atom is 0.140 e. The predicted molar refractivity (Wildman–Crippen MR) is 46.7 cm³/mol. The molecule has 1 nitrogen and oxygen atoms in total. The molecule has 0 heterocycles. The Bertz CT molecular complexity index is 250. The van der Waals surface area contributed by atoms with Crippen LogP contribution in [0.15, 0.2) is 16.6 Å². The minimum atomic E-state index is -0.206. The van der Waals surface area contributed by atoms with E-state index in [4.69, 9.17) is 5.73 Å². The fraction of sp³-hybridized carbons (Fsp3) is 0.250. The van der Waals surface area contributed by atoms with Gasteiger partial charge in [-0.15, -0.1) is 0 Å². The average molecular weight is 218 g/mol. The van der Waals surface area contributed by atoms with E-state index in [0.717, 1.165) is 5.56 Å². The zero-order valence-corrected chi connectivity index (χ0v) is 7.78. The summed E-state index contributed by atoms with van der Waals surface area (Å²) >= 11 is 3.11. The number of halogens is 2. The van der Waals surface area contributed by atoms with Gasteiger partial charge in [0, 0.05) is 6.54 Å². The minimum Gasteiger partial charge on any atom is -0.326 e. The lowest BCUT2D eigenvalue weighted by atomic mass is 10.1. The zero-order chi connectivity index (χ0) is 8.43. The van der Waals surface area contributed by atoms with E-state index in [9.17, 15) is 4.39 Å². The van der Waals surface area contributed by atoms with Crippen LogP contribution in [-0.4, -0.2) is 0 Å². The van der Waals surface area contributed by atoms with Crippen LogP contribution in [0.25, 0.3) is 0 Å². The number of hydrogen-bond acceptors (Lipinski definition) is 1. The van der Waals surface area contributed by atoms with Crippen LogP contribution in [0.1, 0.15) is 11.1 Å². The van der Waals surface area contributed by atoms with E-state index in [1.807, 2.05) is 0 Å². The standard InChI is InChI=1S/C8H9BrFN/c1-5-2-6(4-11)3-7(9)8(5)10/h2-3H,4,11H2,1H3. The van der Waals surface area contributed by atoms with Gasteiger partial charge in [0.1, 0.15) is 5.82 Å². The van der Waals surface area contributed by atoms with Crippen LogP contribution < -0.4 is 5.73 Å². The fourth-order valence-electron chi connectivity index (χ4n) is 0.915. The van der Waals surface area contributed by atoms with Crippen molar-refractivity contribution in [1.82, 2.24) is 0 Å². The lowest BCUT2D eigenvalue weighted by Crippen LogP contribution is -1.98.